The molecule has 0 bridgehead atoms. The van der Waals surface area contributed by atoms with Crippen molar-refractivity contribution in [3.05, 3.63) is 442 Å². The van der Waals surface area contributed by atoms with Gasteiger partial charge >= 0.3 is 0 Å². The number of hydrogen-bond donors (Lipinski definition) is 0. The van der Waals surface area contributed by atoms with Crippen molar-refractivity contribution in [1.82, 2.24) is 0 Å². The van der Waals surface area contributed by atoms with E-state index in [-0.39, 0.29) is 82.7 Å². The SMILES string of the molecule is C.C.C.C.C.C.C.C.CB(c1c(C)cc(C)cc1C)c1cccc2ccccc12.CCCCB(c1ccccc1)c1c(CC)cc(C)cc1CC.CCCCB(c1ccccc1)c1cccc2ccccc12.CCCC[B]c1c(C)cc(C)cc1C.C[B]c1cccc(Br)c1.C[B]c1cccc(F)c1.C[B]c1cccc(F)c1.C[B]c1ccccc1F.Fc1cccc([B][Si](c2ccccc2)c2ccccc2)c1. The predicted molar refractivity (Wildman–Crippen MR) is 659 cm³/mol. The Morgan fingerprint density at radius 1 is 0.315 bits per heavy atom. The van der Waals surface area contributed by atoms with Crippen LogP contribution in [0.25, 0.3) is 21.5 Å². The third kappa shape index (κ3) is 43.9. The van der Waals surface area contributed by atoms with Crippen LogP contribution in [0.5, 0.6) is 0 Å². The van der Waals surface area contributed by atoms with Crippen LogP contribution in [-0.4, -0.2) is 72.1 Å². The summed E-state index contributed by atoms with van der Waals surface area (Å²) >= 11 is 3.38. The van der Waals surface area contributed by atoms with E-state index in [0.717, 1.165) is 33.7 Å². The first-order valence-electron chi connectivity index (χ1n) is 48.4. The summed E-state index contributed by atoms with van der Waals surface area (Å²) in [7, 11) is 8.87. The van der Waals surface area contributed by atoms with Crippen molar-refractivity contribution < 1.29 is 17.6 Å². The molecular formula is C128H165B9BrF4Si. The molecule has 0 saturated carbocycles. The summed E-state index contributed by atoms with van der Waals surface area (Å²) in [5, 5.41) is 8.03. The van der Waals surface area contributed by atoms with Gasteiger partial charge in [-0.1, -0.05) is 643 Å². The Hall–Kier alpha value is -11.0. The number of rotatable bonds is 26. The number of halogens is 5. The Morgan fingerprint density at radius 3 is 1.06 bits per heavy atom. The molecule has 0 saturated heterocycles. The zero-order chi connectivity index (χ0) is 97.2. The summed E-state index contributed by atoms with van der Waals surface area (Å²) in [6, 6.07) is 122. The highest BCUT2D eigenvalue weighted by molar-refractivity contribution is 9.10. The molecule has 743 valence electrons. The lowest BCUT2D eigenvalue weighted by atomic mass is 9.36. The van der Waals surface area contributed by atoms with Gasteiger partial charge in [-0.2, -0.15) is 0 Å². The van der Waals surface area contributed by atoms with Gasteiger partial charge < -0.3 is 0 Å². The third-order valence-corrected chi connectivity index (χ3v) is 27.1. The second-order valence-corrected chi connectivity index (χ2v) is 37.6. The van der Waals surface area contributed by atoms with Gasteiger partial charge in [0, 0.05) is 4.47 Å². The van der Waals surface area contributed by atoms with E-state index in [9.17, 15) is 17.6 Å². The molecule has 16 aromatic rings. The maximum atomic E-state index is 13.4. The summed E-state index contributed by atoms with van der Waals surface area (Å²) in [6.07, 6.45) is 13.6. The lowest BCUT2D eigenvalue weighted by molar-refractivity contribution is 0.628. The fourth-order valence-electron chi connectivity index (χ4n) is 17.4. The molecule has 0 spiro atoms. The summed E-state index contributed by atoms with van der Waals surface area (Å²) in [6.45, 7) is 40.4. The predicted octanol–water partition coefficient (Wildman–Crippen LogP) is 28.4. The first kappa shape index (κ1) is 132. The minimum absolute atomic E-state index is 0. The molecule has 0 aliphatic carbocycles. The molecule has 15 heteroatoms. The standard InChI is InChI=1S/C21H29B.2C20H21B.C18H14BFSi.C13H20B.C7H7BBr.3C7H7BF.8CH4/c1-5-8-14-22(20-12-10-9-11-13-20)21-18(6-2)15-17(4)16-19(21)7-3;1-14-12-15(2)20(16(3)13-14)21(4)19-11-7-9-17-8-5-6-10-18(17)19;1-2-3-16-21(18-12-5-4-6-13-18)20-15-9-11-17-10-7-8-14-19(17)20;20-16-9-7-8-15(14-16)19-21(17-10-3-1-4-11-17)18-12-5-2-6-13-18;1-5-6-7-14-13-11(3)8-10(2)9-12(13)4;3*1-8-6-3-2-4-7(9)5-6;1-8-6-4-2-3-5-7(6)9;;;;;;;;/h9-13,15-16H,5-8,14H2,1-4H3;5-13H,1-4H3;4-15H,2-3,16H2,1H3;1-14H;8-9H,5-7H2,1-4H3;4*2-5H,1H3;8*1H4. The summed E-state index contributed by atoms with van der Waals surface area (Å²) in [4.78, 5) is 0. The first-order valence-corrected chi connectivity index (χ1v) is 50.8. The highest BCUT2D eigenvalue weighted by Crippen LogP contribution is 2.20. The largest absolute Gasteiger partial charge is 0.210 e. The van der Waals surface area contributed by atoms with Gasteiger partial charge in [-0.25, -0.2) is 17.6 Å². The Morgan fingerprint density at radius 2 is 0.664 bits per heavy atom. The van der Waals surface area contributed by atoms with Crippen molar-refractivity contribution in [2.45, 2.75) is 247 Å². The maximum absolute atomic E-state index is 13.4. The minimum Gasteiger partial charge on any atom is -0.208 e. The maximum Gasteiger partial charge on any atom is 0.210 e. The summed E-state index contributed by atoms with van der Waals surface area (Å²) in [5.74, 6) is -0.692. The Kier molecular flexibility index (Phi) is 67.6. The second kappa shape index (κ2) is 73.2. The van der Waals surface area contributed by atoms with Gasteiger partial charge in [-0.15, -0.1) is 0 Å². The van der Waals surface area contributed by atoms with E-state index in [1.165, 1.54) is 203 Å². The lowest BCUT2D eigenvalue weighted by Crippen LogP contribution is -2.51. The van der Waals surface area contributed by atoms with Crippen LogP contribution in [0.1, 0.15) is 183 Å². The van der Waals surface area contributed by atoms with E-state index >= 15 is 0 Å². The van der Waals surface area contributed by atoms with Crippen molar-refractivity contribution >= 4 is 185 Å². The molecule has 0 nitrogen and oxygen atoms in total. The number of hydrogen-bond acceptors (Lipinski definition) is 0. The second-order valence-electron chi connectivity index (χ2n) is 34.4. The van der Waals surface area contributed by atoms with Crippen LogP contribution in [0, 0.1) is 71.7 Å². The van der Waals surface area contributed by atoms with Crippen LogP contribution in [0.2, 0.25) is 53.1 Å². The van der Waals surface area contributed by atoms with E-state index in [4.69, 9.17) is 0 Å². The molecule has 0 aliphatic heterocycles. The Balaban J connectivity index is 0.00000161. The van der Waals surface area contributed by atoms with Crippen molar-refractivity contribution in [3.8, 4) is 0 Å². The van der Waals surface area contributed by atoms with Crippen LogP contribution in [0.4, 0.5) is 17.6 Å². The van der Waals surface area contributed by atoms with Crippen LogP contribution in [-0.2, 0) is 12.8 Å². The van der Waals surface area contributed by atoms with Gasteiger partial charge in [0.2, 0.25) is 20.1 Å². The molecule has 0 atom stereocenters. The number of aryl methyl sites for hydroxylation is 9. The zero-order valence-corrected chi connectivity index (χ0v) is 85.6. The highest BCUT2D eigenvalue weighted by Gasteiger charge is 2.26. The van der Waals surface area contributed by atoms with Gasteiger partial charge in [0.25, 0.3) is 0 Å². The molecule has 0 heterocycles. The van der Waals surface area contributed by atoms with Crippen LogP contribution in [0.3, 0.4) is 0 Å². The van der Waals surface area contributed by atoms with Crippen molar-refractivity contribution in [2.75, 3.05) is 0 Å². The molecular weight excluding hydrogens is 1820 g/mol. The number of unbranched alkanes of at least 4 members (excludes halogenated alkanes) is 3. The Labute approximate surface area is 885 Å². The monoisotopic (exact) mass is 1980 g/mol. The van der Waals surface area contributed by atoms with Gasteiger partial charge in [-0.05, 0) is 131 Å². The lowest BCUT2D eigenvalue weighted by Gasteiger charge is -2.22. The Bertz CT molecular complexity index is 5920. The number of benzene rings is 16. The average Bonchev–Trinajstić information content (AvgIpc) is 0.798. The molecule has 0 aliphatic rings. The molecule has 0 fully saturated rings. The zero-order valence-electron chi connectivity index (χ0n) is 83.0. The fourth-order valence-corrected chi connectivity index (χ4v) is 20.1. The van der Waals surface area contributed by atoms with Crippen LogP contribution < -0.4 is 75.9 Å². The molecule has 0 N–H and O–H groups in total. The molecule has 16 rings (SSSR count). The molecule has 0 amide bonds. The van der Waals surface area contributed by atoms with Crippen LogP contribution >= 0.6 is 15.9 Å². The quantitative estimate of drug-likeness (QED) is 0.0288. The van der Waals surface area contributed by atoms with E-state index in [2.05, 4.69) is 370 Å². The third-order valence-electron chi connectivity index (χ3n) is 24.1. The number of fused-ring (bicyclic) bond motifs is 2. The average molecular weight is 1990 g/mol. The summed E-state index contributed by atoms with van der Waals surface area (Å²) in [5.41, 5.74) is 27.9. The highest BCUT2D eigenvalue weighted by atomic mass is 79.9. The summed E-state index contributed by atoms with van der Waals surface area (Å²) < 4.78 is 51.8. The van der Waals surface area contributed by atoms with Crippen LogP contribution in [0.15, 0.2) is 368 Å². The van der Waals surface area contributed by atoms with Crippen molar-refractivity contribution in [2.24, 2.45) is 0 Å². The normalized spacial score (nSPS) is 9.67. The molecule has 16 aromatic carbocycles. The smallest absolute Gasteiger partial charge is 0.208 e. The molecule has 0 unspecified atom stereocenters. The molecule has 0 aromatic heterocycles. The fraction of sp³-hybridized carbons (Fsp3) is 0.281. The van der Waals surface area contributed by atoms with E-state index in [0.29, 0.717) is 25.6 Å². The van der Waals surface area contributed by atoms with Gasteiger partial charge in [0.1, 0.15) is 45.1 Å². The van der Waals surface area contributed by atoms with E-state index in [1.54, 1.807) is 60.3 Å². The van der Waals surface area contributed by atoms with Crippen molar-refractivity contribution in [1.29, 1.82) is 0 Å². The topological polar surface area (TPSA) is 0 Å². The molecule has 143 heavy (non-hydrogen) atoms. The van der Waals surface area contributed by atoms with Gasteiger partial charge in [0.05, 0.1) is 8.67 Å². The minimum atomic E-state index is -1.06. The van der Waals surface area contributed by atoms with Gasteiger partial charge in [0.15, 0.2) is 21.4 Å². The van der Waals surface area contributed by atoms with E-state index < -0.39 is 8.67 Å². The molecule has 7 radical (unpaired) electrons. The van der Waals surface area contributed by atoms with Crippen molar-refractivity contribution in [3.63, 3.8) is 0 Å². The van der Waals surface area contributed by atoms with Gasteiger partial charge in [-0.3, -0.25) is 0 Å². The first-order chi connectivity index (χ1) is 65.5. The van der Waals surface area contributed by atoms with E-state index in [1.807, 2.05) is 90.4 Å².